The summed E-state index contributed by atoms with van der Waals surface area (Å²) in [7, 11) is 0. The number of aromatic nitrogens is 1. The zero-order chi connectivity index (χ0) is 19.8. The Hall–Kier alpha value is -3.44. The molecule has 1 aliphatic rings. The molecule has 4 aromatic rings. The fourth-order valence-electron chi connectivity index (χ4n) is 4.21. The van der Waals surface area contributed by atoms with Gasteiger partial charge in [-0.1, -0.05) is 48.5 Å². The van der Waals surface area contributed by atoms with Gasteiger partial charge in [0.15, 0.2) is 6.04 Å². The summed E-state index contributed by atoms with van der Waals surface area (Å²) in [6.07, 6.45) is 3.12. The van der Waals surface area contributed by atoms with E-state index >= 15 is 0 Å². The maximum atomic E-state index is 12.9. The molecular formula is C24H22N3O2+. The number of nitrogens with two attached hydrogens (primary N) is 1. The molecule has 0 radical (unpaired) electrons. The Kier molecular flexibility index (Phi) is 4.37. The summed E-state index contributed by atoms with van der Waals surface area (Å²) in [6.45, 7) is 0.761. The van der Waals surface area contributed by atoms with Crippen molar-refractivity contribution in [3.05, 3.63) is 78.5 Å². The average molecular weight is 384 g/mol. The molecule has 3 aromatic carbocycles. The molecule has 2 heterocycles. The smallest absolute Gasteiger partial charge is 0.292 e. The van der Waals surface area contributed by atoms with Crippen molar-refractivity contribution in [2.24, 2.45) is 0 Å². The molecule has 0 bridgehead atoms. The van der Waals surface area contributed by atoms with Crippen molar-refractivity contribution < 1.29 is 14.9 Å². The third-order valence-corrected chi connectivity index (χ3v) is 5.71. The van der Waals surface area contributed by atoms with Gasteiger partial charge in [-0.2, -0.15) is 0 Å². The molecular weight excluding hydrogens is 362 g/mol. The van der Waals surface area contributed by atoms with Crippen molar-refractivity contribution in [2.75, 3.05) is 11.4 Å². The minimum Gasteiger partial charge on any atom is -0.361 e. The summed E-state index contributed by atoms with van der Waals surface area (Å²) in [4.78, 5) is 30.1. The molecule has 3 N–H and O–H groups in total. The lowest BCUT2D eigenvalue weighted by Crippen LogP contribution is -2.92. The first-order chi connectivity index (χ1) is 14.2. The van der Waals surface area contributed by atoms with Gasteiger partial charge in [-0.15, -0.1) is 0 Å². The van der Waals surface area contributed by atoms with Crippen LogP contribution < -0.4 is 10.2 Å². The number of imide groups is 1. The molecule has 144 valence electrons. The molecule has 5 nitrogen and oxygen atoms in total. The zero-order valence-corrected chi connectivity index (χ0v) is 16.0. The van der Waals surface area contributed by atoms with Gasteiger partial charge in [-0.05, 0) is 34.5 Å². The fourth-order valence-corrected chi connectivity index (χ4v) is 4.21. The Morgan fingerprint density at radius 3 is 2.66 bits per heavy atom. The zero-order valence-electron chi connectivity index (χ0n) is 16.0. The summed E-state index contributed by atoms with van der Waals surface area (Å²) < 4.78 is 0. The number of nitrogens with zero attached hydrogens (tertiary/aromatic N) is 1. The number of carbonyl (C=O) groups is 2. The highest BCUT2D eigenvalue weighted by atomic mass is 16.2. The van der Waals surface area contributed by atoms with Crippen molar-refractivity contribution in [2.45, 2.75) is 18.9 Å². The lowest BCUT2D eigenvalue weighted by molar-refractivity contribution is -0.674. The minimum atomic E-state index is -0.348. The van der Waals surface area contributed by atoms with Crippen LogP contribution in [0.5, 0.6) is 0 Å². The van der Waals surface area contributed by atoms with E-state index in [0.29, 0.717) is 5.69 Å². The van der Waals surface area contributed by atoms with Crippen LogP contribution in [0.3, 0.4) is 0 Å². The molecule has 1 fully saturated rings. The Morgan fingerprint density at radius 1 is 0.966 bits per heavy atom. The Labute approximate surface area is 168 Å². The predicted molar refractivity (Wildman–Crippen MR) is 114 cm³/mol. The summed E-state index contributed by atoms with van der Waals surface area (Å²) in [6, 6.07) is 21.5. The quantitative estimate of drug-likeness (QED) is 0.520. The normalized spacial score (nSPS) is 17.0. The average Bonchev–Trinajstić information content (AvgIpc) is 3.28. The van der Waals surface area contributed by atoms with Crippen LogP contribution >= 0.6 is 0 Å². The van der Waals surface area contributed by atoms with Crippen LogP contribution in [0.25, 0.3) is 21.7 Å². The molecule has 0 saturated carbocycles. The van der Waals surface area contributed by atoms with E-state index in [4.69, 9.17) is 0 Å². The predicted octanol–water partition coefficient (Wildman–Crippen LogP) is 2.76. The topological polar surface area (TPSA) is 69.8 Å². The number of amides is 2. The van der Waals surface area contributed by atoms with Crippen molar-refractivity contribution in [1.29, 1.82) is 0 Å². The maximum Gasteiger partial charge on any atom is 0.292 e. The number of aromatic amines is 1. The van der Waals surface area contributed by atoms with Crippen LogP contribution in [-0.2, 0) is 16.0 Å². The first-order valence-corrected chi connectivity index (χ1v) is 9.94. The van der Waals surface area contributed by atoms with Crippen LogP contribution in [0.4, 0.5) is 5.69 Å². The monoisotopic (exact) mass is 384 g/mol. The lowest BCUT2D eigenvalue weighted by Gasteiger charge is -2.15. The van der Waals surface area contributed by atoms with Gasteiger partial charge in [0, 0.05) is 23.5 Å². The highest BCUT2D eigenvalue weighted by molar-refractivity contribution is 6.22. The van der Waals surface area contributed by atoms with E-state index in [2.05, 4.69) is 17.1 Å². The number of carbonyl (C=O) groups excluding carboxylic acids is 2. The number of fused-ring (bicyclic) bond motifs is 2. The van der Waals surface area contributed by atoms with E-state index in [1.54, 1.807) is 0 Å². The fraction of sp³-hybridized carbons (Fsp3) is 0.167. The van der Waals surface area contributed by atoms with Gasteiger partial charge >= 0.3 is 0 Å². The van der Waals surface area contributed by atoms with Crippen molar-refractivity contribution in [1.82, 2.24) is 4.98 Å². The van der Waals surface area contributed by atoms with E-state index in [1.807, 2.05) is 66.1 Å². The van der Waals surface area contributed by atoms with Crippen molar-refractivity contribution in [3.8, 4) is 0 Å². The molecule has 5 rings (SSSR count). The second-order valence-electron chi connectivity index (χ2n) is 7.54. The number of quaternary nitrogens is 1. The highest BCUT2D eigenvalue weighted by Gasteiger charge is 2.42. The second-order valence-corrected chi connectivity index (χ2v) is 7.54. The highest BCUT2D eigenvalue weighted by Crippen LogP contribution is 2.26. The molecule has 5 heteroatoms. The van der Waals surface area contributed by atoms with Gasteiger partial charge in [0.2, 0.25) is 5.91 Å². The van der Waals surface area contributed by atoms with E-state index < -0.39 is 0 Å². The first kappa shape index (κ1) is 17.6. The van der Waals surface area contributed by atoms with E-state index in [1.165, 1.54) is 15.8 Å². The number of anilines is 1. The summed E-state index contributed by atoms with van der Waals surface area (Å²) in [5.41, 5.74) is 3.02. The SMILES string of the molecule is O=C1C[C@@H]([NH2+]CCc2c[nH]c3ccccc23)C(=O)N1c1ccc2ccccc2c1. The van der Waals surface area contributed by atoms with Gasteiger partial charge < -0.3 is 10.3 Å². The van der Waals surface area contributed by atoms with Crippen LogP contribution in [-0.4, -0.2) is 29.4 Å². The van der Waals surface area contributed by atoms with Crippen LogP contribution in [0.2, 0.25) is 0 Å². The maximum absolute atomic E-state index is 12.9. The van der Waals surface area contributed by atoms with Crippen LogP contribution in [0.1, 0.15) is 12.0 Å². The van der Waals surface area contributed by atoms with Gasteiger partial charge in [0.25, 0.3) is 5.91 Å². The van der Waals surface area contributed by atoms with Crippen molar-refractivity contribution >= 4 is 39.2 Å². The van der Waals surface area contributed by atoms with Crippen molar-refractivity contribution in [3.63, 3.8) is 0 Å². The first-order valence-electron chi connectivity index (χ1n) is 9.94. The third kappa shape index (κ3) is 3.19. The number of nitrogens with one attached hydrogen (secondary N) is 1. The molecule has 0 unspecified atom stereocenters. The minimum absolute atomic E-state index is 0.121. The Bertz CT molecular complexity index is 1230. The number of para-hydroxylation sites is 1. The van der Waals surface area contributed by atoms with Gasteiger partial charge in [-0.3, -0.25) is 9.59 Å². The van der Waals surface area contributed by atoms with Crippen LogP contribution in [0.15, 0.2) is 72.9 Å². The molecule has 1 aliphatic heterocycles. The van der Waals surface area contributed by atoms with E-state index in [0.717, 1.165) is 29.3 Å². The number of benzene rings is 3. The number of hydrogen-bond donors (Lipinski definition) is 2. The molecule has 2 amide bonds. The lowest BCUT2D eigenvalue weighted by atomic mass is 10.1. The number of hydrogen-bond acceptors (Lipinski definition) is 2. The largest absolute Gasteiger partial charge is 0.361 e. The summed E-state index contributed by atoms with van der Waals surface area (Å²) in [5.74, 6) is -0.247. The summed E-state index contributed by atoms with van der Waals surface area (Å²) in [5, 5.41) is 5.34. The molecule has 1 saturated heterocycles. The Morgan fingerprint density at radius 2 is 1.76 bits per heavy atom. The standard InChI is InChI=1S/C24H21N3O2/c28-23-14-22(25-12-11-18-15-26-21-8-4-3-7-20(18)21)24(29)27(23)19-10-9-16-5-1-2-6-17(16)13-19/h1-10,13,15,22,25-26H,11-12,14H2/p+1/t22-/m1/s1. The summed E-state index contributed by atoms with van der Waals surface area (Å²) >= 11 is 0. The van der Waals surface area contributed by atoms with Gasteiger partial charge in [0.1, 0.15) is 0 Å². The molecule has 1 atom stereocenters. The Balaban J connectivity index is 1.28. The second kappa shape index (κ2) is 7.18. The van der Waals surface area contributed by atoms with Crippen LogP contribution in [0, 0.1) is 0 Å². The molecule has 29 heavy (non-hydrogen) atoms. The number of rotatable bonds is 5. The van der Waals surface area contributed by atoms with Gasteiger partial charge in [-0.25, -0.2) is 4.90 Å². The third-order valence-electron chi connectivity index (χ3n) is 5.71. The molecule has 0 aliphatic carbocycles. The molecule has 1 aromatic heterocycles. The van der Waals surface area contributed by atoms with Gasteiger partial charge in [0.05, 0.1) is 18.7 Å². The molecule has 0 spiro atoms. The van der Waals surface area contributed by atoms with E-state index in [9.17, 15) is 9.59 Å². The van der Waals surface area contributed by atoms with E-state index in [-0.39, 0.29) is 24.3 Å². The number of H-pyrrole nitrogens is 1.